The Bertz CT molecular complexity index is 487. The number of thiazole rings is 1. The highest BCUT2D eigenvalue weighted by Gasteiger charge is 2.26. The van der Waals surface area contributed by atoms with E-state index in [1.807, 2.05) is 11.8 Å². The highest BCUT2D eigenvalue weighted by atomic mass is 32.1. The van der Waals surface area contributed by atoms with Crippen LogP contribution < -0.4 is 0 Å². The lowest BCUT2D eigenvalue weighted by Crippen LogP contribution is -2.40. The largest absolute Gasteiger partial charge is 0.481 e. The highest BCUT2D eigenvalue weighted by Crippen LogP contribution is 2.24. The fourth-order valence-electron chi connectivity index (χ4n) is 2.65. The monoisotopic (exact) mass is 296 g/mol. The van der Waals surface area contributed by atoms with Crippen LogP contribution in [0.4, 0.5) is 0 Å². The zero-order valence-corrected chi connectivity index (χ0v) is 12.5. The van der Waals surface area contributed by atoms with Crippen LogP contribution in [0.5, 0.6) is 0 Å². The number of hydrogen-bond donors (Lipinski definition) is 1. The first kappa shape index (κ1) is 15.0. The molecule has 1 N–H and O–H groups in total. The van der Waals surface area contributed by atoms with Gasteiger partial charge in [0.2, 0.25) is 0 Å². The summed E-state index contributed by atoms with van der Waals surface area (Å²) in [5.74, 6) is -0.393. The van der Waals surface area contributed by atoms with Gasteiger partial charge in [0.05, 0.1) is 11.2 Å². The van der Waals surface area contributed by atoms with Crippen LogP contribution in [0.15, 0.2) is 5.51 Å². The number of piperidine rings is 1. The van der Waals surface area contributed by atoms with Crippen LogP contribution in [-0.2, 0) is 11.2 Å². The van der Waals surface area contributed by atoms with Gasteiger partial charge in [-0.1, -0.05) is 6.92 Å². The quantitative estimate of drug-likeness (QED) is 0.906. The molecule has 0 bridgehead atoms. The molecule has 1 amide bonds. The maximum Gasteiger partial charge on any atom is 0.303 e. The molecule has 1 aliphatic heterocycles. The third kappa shape index (κ3) is 3.56. The second-order valence-corrected chi connectivity index (χ2v) is 6.03. The maximum atomic E-state index is 12.5. The molecule has 1 atom stereocenters. The summed E-state index contributed by atoms with van der Waals surface area (Å²) >= 11 is 1.40. The Morgan fingerprint density at radius 1 is 1.55 bits per heavy atom. The molecule has 1 aromatic heterocycles. The predicted octanol–water partition coefficient (Wildman–Crippen LogP) is 2.42. The number of carboxylic acids is 1. The predicted molar refractivity (Wildman–Crippen MR) is 77.0 cm³/mol. The SMILES string of the molecule is CCc1ncsc1C(=O)N1CCCC(CCC(=O)O)C1. The van der Waals surface area contributed by atoms with E-state index >= 15 is 0 Å². The number of nitrogens with zero attached hydrogens (tertiary/aromatic N) is 2. The molecule has 0 aromatic carbocycles. The molecule has 5 nitrogen and oxygen atoms in total. The van der Waals surface area contributed by atoms with Crippen LogP contribution in [0.2, 0.25) is 0 Å². The van der Waals surface area contributed by atoms with Crippen molar-refractivity contribution in [2.75, 3.05) is 13.1 Å². The molecule has 110 valence electrons. The molecule has 1 aliphatic rings. The number of likely N-dealkylation sites (tertiary alicyclic amines) is 1. The van der Waals surface area contributed by atoms with E-state index in [0.717, 1.165) is 36.4 Å². The van der Waals surface area contributed by atoms with Crippen molar-refractivity contribution < 1.29 is 14.7 Å². The Hall–Kier alpha value is -1.43. The second-order valence-electron chi connectivity index (χ2n) is 5.17. The lowest BCUT2D eigenvalue weighted by molar-refractivity contribution is -0.137. The minimum atomic E-state index is -0.760. The average Bonchev–Trinajstić information content (AvgIpc) is 2.93. The van der Waals surface area contributed by atoms with Crippen molar-refractivity contribution in [3.8, 4) is 0 Å². The van der Waals surface area contributed by atoms with Gasteiger partial charge >= 0.3 is 5.97 Å². The third-order valence-electron chi connectivity index (χ3n) is 3.74. The van der Waals surface area contributed by atoms with Crippen molar-refractivity contribution in [3.05, 3.63) is 16.1 Å². The summed E-state index contributed by atoms with van der Waals surface area (Å²) in [5, 5.41) is 8.75. The summed E-state index contributed by atoms with van der Waals surface area (Å²) in [6.07, 6.45) is 3.58. The van der Waals surface area contributed by atoms with E-state index in [1.165, 1.54) is 11.3 Å². The van der Waals surface area contributed by atoms with Gasteiger partial charge in [-0.25, -0.2) is 4.98 Å². The Kier molecular flexibility index (Phi) is 5.11. The van der Waals surface area contributed by atoms with Crippen molar-refractivity contribution in [1.82, 2.24) is 9.88 Å². The summed E-state index contributed by atoms with van der Waals surface area (Å²) in [6.45, 7) is 3.44. The van der Waals surface area contributed by atoms with Crippen LogP contribution >= 0.6 is 11.3 Å². The van der Waals surface area contributed by atoms with E-state index in [4.69, 9.17) is 5.11 Å². The zero-order chi connectivity index (χ0) is 14.5. The fraction of sp³-hybridized carbons (Fsp3) is 0.643. The molecule has 6 heteroatoms. The van der Waals surface area contributed by atoms with Gasteiger partial charge in [-0.3, -0.25) is 9.59 Å². The molecule has 0 spiro atoms. The molecule has 20 heavy (non-hydrogen) atoms. The Labute approximate surface area is 122 Å². The van der Waals surface area contributed by atoms with Gasteiger partial charge in [0.1, 0.15) is 4.88 Å². The number of aliphatic carboxylic acids is 1. The van der Waals surface area contributed by atoms with E-state index in [9.17, 15) is 9.59 Å². The van der Waals surface area contributed by atoms with E-state index in [2.05, 4.69) is 4.98 Å². The van der Waals surface area contributed by atoms with Crippen molar-refractivity contribution in [2.45, 2.75) is 39.0 Å². The number of amides is 1. The second kappa shape index (κ2) is 6.83. The number of carbonyl (C=O) groups excluding carboxylic acids is 1. The van der Waals surface area contributed by atoms with E-state index in [1.54, 1.807) is 5.51 Å². The van der Waals surface area contributed by atoms with Crippen molar-refractivity contribution >= 4 is 23.2 Å². The van der Waals surface area contributed by atoms with Gasteiger partial charge in [-0.15, -0.1) is 11.3 Å². The van der Waals surface area contributed by atoms with Crippen molar-refractivity contribution in [3.63, 3.8) is 0 Å². The summed E-state index contributed by atoms with van der Waals surface area (Å²) in [4.78, 5) is 30.0. The van der Waals surface area contributed by atoms with Gasteiger partial charge in [-0.05, 0) is 31.6 Å². The summed E-state index contributed by atoms with van der Waals surface area (Å²) in [7, 11) is 0. The molecule has 1 fully saturated rings. The number of carbonyl (C=O) groups is 2. The molecule has 2 rings (SSSR count). The standard InChI is InChI=1S/C14H20N2O3S/c1-2-11-13(20-9-15-11)14(19)16-7-3-4-10(8-16)5-6-12(17)18/h9-10H,2-8H2,1H3,(H,17,18). The van der Waals surface area contributed by atoms with Gasteiger partial charge in [0.25, 0.3) is 5.91 Å². The van der Waals surface area contributed by atoms with Gasteiger partial charge in [0, 0.05) is 19.5 Å². The topological polar surface area (TPSA) is 70.5 Å². The van der Waals surface area contributed by atoms with E-state index in [0.29, 0.717) is 18.9 Å². The highest BCUT2D eigenvalue weighted by molar-refractivity contribution is 7.11. The molecule has 0 saturated carbocycles. The van der Waals surface area contributed by atoms with E-state index in [-0.39, 0.29) is 12.3 Å². The fourth-order valence-corrected chi connectivity index (χ4v) is 3.50. The van der Waals surface area contributed by atoms with Crippen LogP contribution in [0, 0.1) is 5.92 Å². The Balaban J connectivity index is 1.98. The number of hydrogen-bond acceptors (Lipinski definition) is 4. The van der Waals surface area contributed by atoms with Gasteiger partial charge in [0.15, 0.2) is 0 Å². The number of aryl methyl sites for hydroxylation is 1. The molecule has 1 aromatic rings. The first-order chi connectivity index (χ1) is 9.61. The van der Waals surface area contributed by atoms with Crippen LogP contribution in [0.25, 0.3) is 0 Å². The first-order valence-electron chi connectivity index (χ1n) is 7.05. The Morgan fingerprint density at radius 2 is 2.35 bits per heavy atom. The number of rotatable bonds is 5. The summed E-state index contributed by atoms with van der Waals surface area (Å²) < 4.78 is 0. The third-order valence-corrected chi connectivity index (χ3v) is 4.60. The minimum absolute atomic E-state index is 0.0596. The van der Waals surface area contributed by atoms with Crippen LogP contribution in [0.1, 0.15) is 48.0 Å². The number of aromatic nitrogens is 1. The van der Waals surface area contributed by atoms with E-state index < -0.39 is 5.97 Å². The lowest BCUT2D eigenvalue weighted by Gasteiger charge is -2.32. The maximum absolute atomic E-state index is 12.5. The van der Waals surface area contributed by atoms with Crippen molar-refractivity contribution in [1.29, 1.82) is 0 Å². The molecular weight excluding hydrogens is 276 g/mol. The molecule has 1 saturated heterocycles. The van der Waals surface area contributed by atoms with Crippen molar-refractivity contribution in [2.24, 2.45) is 5.92 Å². The summed E-state index contributed by atoms with van der Waals surface area (Å²) in [5.41, 5.74) is 2.59. The minimum Gasteiger partial charge on any atom is -0.481 e. The first-order valence-corrected chi connectivity index (χ1v) is 7.93. The van der Waals surface area contributed by atoms with Gasteiger partial charge < -0.3 is 10.0 Å². The lowest BCUT2D eigenvalue weighted by atomic mass is 9.93. The smallest absolute Gasteiger partial charge is 0.303 e. The summed E-state index contributed by atoms with van der Waals surface area (Å²) in [6, 6.07) is 0. The Morgan fingerprint density at radius 3 is 3.05 bits per heavy atom. The molecule has 0 radical (unpaired) electrons. The zero-order valence-electron chi connectivity index (χ0n) is 11.7. The molecule has 1 unspecified atom stereocenters. The molecule has 2 heterocycles. The average molecular weight is 296 g/mol. The number of carboxylic acid groups (broad SMARTS) is 1. The normalized spacial score (nSPS) is 19.1. The molecule has 0 aliphatic carbocycles. The molecular formula is C14H20N2O3S. The van der Waals surface area contributed by atoms with Gasteiger partial charge in [-0.2, -0.15) is 0 Å². The van der Waals surface area contributed by atoms with Crippen LogP contribution in [-0.4, -0.2) is 40.0 Å². The van der Waals surface area contributed by atoms with Crippen LogP contribution in [0.3, 0.4) is 0 Å².